The van der Waals surface area contributed by atoms with Crippen LogP contribution >= 0.6 is 0 Å². The van der Waals surface area contributed by atoms with Gasteiger partial charge in [0.2, 0.25) is 0 Å². The molecule has 0 unspecified atom stereocenters. The van der Waals surface area contributed by atoms with Gasteiger partial charge >= 0.3 is 0 Å². The van der Waals surface area contributed by atoms with Crippen molar-refractivity contribution in [3.05, 3.63) is 59.0 Å². The lowest BCUT2D eigenvalue weighted by atomic mass is 10.1. The number of hydrogen-bond acceptors (Lipinski definition) is 3. The first-order valence-corrected chi connectivity index (χ1v) is 8.40. The van der Waals surface area contributed by atoms with E-state index < -0.39 is 0 Å². The lowest BCUT2D eigenvalue weighted by Crippen LogP contribution is -2.30. The van der Waals surface area contributed by atoms with Crippen molar-refractivity contribution in [1.82, 2.24) is 24.9 Å². The third-order valence-corrected chi connectivity index (χ3v) is 4.46. The van der Waals surface area contributed by atoms with Crippen molar-refractivity contribution in [2.45, 2.75) is 27.3 Å². The minimum Gasteiger partial charge on any atom is -0.333 e. The maximum Gasteiger partial charge on any atom is 0.272 e. The Hall–Kier alpha value is -2.89. The second-order valence-electron chi connectivity index (χ2n) is 6.14. The Balaban J connectivity index is 1.84. The summed E-state index contributed by atoms with van der Waals surface area (Å²) in [5, 5.41) is 11.6. The zero-order chi connectivity index (χ0) is 18.0. The van der Waals surface area contributed by atoms with Crippen LogP contribution in [0.1, 0.15) is 34.4 Å². The molecule has 130 valence electrons. The fourth-order valence-electron chi connectivity index (χ4n) is 3.01. The summed E-state index contributed by atoms with van der Waals surface area (Å²) in [6, 6.07) is 11.8. The number of carbonyl (C=O) groups excluding carboxylic acids is 1. The van der Waals surface area contributed by atoms with E-state index in [-0.39, 0.29) is 5.91 Å². The highest BCUT2D eigenvalue weighted by Gasteiger charge is 2.20. The fraction of sp³-hybridized carbons (Fsp3) is 0.316. The van der Waals surface area contributed by atoms with E-state index in [9.17, 15) is 4.79 Å². The molecule has 0 aliphatic carbocycles. The standard InChI is InChI=1S/C19H23N5O/c1-5-24(12-15-9-7-6-8-10-15)19(25)17-11-16(20-21-17)18-13(2)22-23(4)14(18)3/h6-11H,5,12H2,1-4H3,(H,20,21). The Morgan fingerprint density at radius 3 is 2.56 bits per heavy atom. The van der Waals surface area contributed by atoms with E-state index in [1.807, 2.05) is 68.9 Å². The molecule has 0 atom stereocenters. The largest absolute Gasteiger partial charge is 0.333 e. The van der Waals surface area contributed by atoms with Crippen LogP contribution in [0, 0.1) is 13.8 Å². The number of aryl methyl sites for hydroxylation is 2. The number of benzene rings is 1. The Morgan fingerprint density at radius 1 is 1.24 bits per heavy atom. The lowest BCUT2D eigenvalue weighted by molar-refractivity contribution is 0.0746. The molecule has 0 saturated heterocycles. The molecule has 3 rings (SSSR count). The Labute approximate surface area is 147 Å². The highest BCUT2D eigenvalue weighted by molar-refractivity contribution is 5.93. The number of rotatable bonds is 5. The van der Waals surface area contributed by atoms with E-state index in [0.29, 0.717) is 18.8 Å². The van der Waals surface area contributed by atoms with Gasteiger partial charge in [0.05, 0.1) is 11.4 Å². The smallest absolute Gasteiger partial charge is 0.272 e. The summed E-state index contributed by atoms with van der Waals surface area (Å²) < 4.78 is 1.83. The highest BCUT2D eigenvalue weighted by Crippen LogP contribution is 2.25. The van der Waals surface area contributed by atoms with Crippen LogP contribution in [-0.4, -0.2) is 37.3 Å². The van der Waals surface area contributed by atoms with Crippen LogP contribution in [0.5, 0.6) is 0 Å². The molecule has 0 spiro atoms. The van der Waals surface area contributed by atoms with Crippen LogP contribution in [0.25, 0.3) is 11.3 Å². The minimum atomic E-state index is -0.0516. The molecule has 1 amide bonds. The molecule has 3 aromatic rings. The highest BCUT2D eigenvalue weighted by atomic mass is 16.2. The van der Waals surface area contributed by atoms with Gasteiger partial charge in [0.25, 0.3) is 5.91 Å². The quantitative estimate of drug-likeness (QED) is 0.778. The molecule has 1 aromatic carbocycles. The summed E-state index contributed by atoms with van der Waals surface area (Å²) >= 11 is 0. The molecule has 25 heavy (non-hydrogen) atoms. The summed E-state index contributed by atoms with van der Waals surface area (Å²) in [5.74, 6) is -0.0516. The number of H-pyrrole nitrogens is 1. The number of nitrogens with zero attached hydrogens (tertiary/aromatic N) is 4. The number of nitrogens with one attached hydrogen (secondary N) is 1. The van der Waals surface area contributed by atoms with Crippen LogP contribution in [0.2, 0.25) is 0 Å². The van der Waals surface area contributed by atoms with Gasteiger partial charge in [-0.1, -0.05) is 30.3 Å². The zero-order valence-electron chi connectivity index (χ0n) is 15.1. The number of amides is 1. The topological polar surface area (TPSA) is 66.8 Å². The van der Waals surface area contributed by atoms with E-state index in [1.54, 1.807) is 4.90 Å². The molecule has 1 N–H and O–H groups in total. The zero-order valence-corrected chi connectivity index (χ0v) is 15.1. The maximum atomic E-state index is 12.8. The summed E-state index contributed by atoms with van der Waals surface area (Å²) in [6.45, 7) is 7.14. The number of hydrogen-bond donors (Lipinski definition) is 1. The molecular formula is C19H23N5O. The van der Waals surface area contributed by atoms with E-state index in [4.69, 9.17) is 0 Å². The van der Waals surface area contributed by atoms with E-state index >= 15 is 0 Å². The Bertz CT molecular complexity index is 879. The fourth-order valence-corrected chi connectivity index (χ4v) is 3.01. The van der Waals surface area contributed by atoms with Crippen molar-refractivity contribution in [2.75, 3.05) is 6.54 Å². The van der Waals surface area contributed by atoms with Crippen molar-refractivity contribution < 1.29 is 4.79 Å². The molecule has 0 aliphatic heterocycles. The van der Waals surface area contributed by atoms with Crippen LogP contribution in [0.4, 0.5) is 0 Å². The van der Waals surface area contributed by atoms with Gasteiger partial charge in [0.1, 0.15) is 5.69 Å². The normalized spacial score (nSPS) is 10.9. The van der Waals surface area contributed by atoms with Crippen molar-refractivity contribution in [3.8, 4) is 11.3 Å². The molecule has 0 aliphatic rings. The van der Waals surface area contributed by atoms with Gasteiger partial charge in [0.15, 0.2) is 0 Å². The predicted octanol–water partition coefficient (Wildman–Crippen LogP) is 3.09. The molecule has 6 nitrogen and oxygen atoms in total. The van der Waals surface area contributed by atoms with Gasteiger partial charge in [-0.3, -0.25) is 14.6 Å². The Morgan fingerprint density at radius 2 is 1.96 bits per heavy atom. The third-order valence-electron chi connectivity index (χ3n) is 4.46. The molecule has 2 aromatic heterocycles. The van der Waals surface area contributed by atoms with Gasteiger partial charge in [-0.15, -0.1) is 0 Å². The lowest BCUT2D eigenvalue weighted by Gasteiger charge is -2.20. The average molecular weight is 337 g/mol. The Kier molecular flexibility index (Phi) is 4.70. The second kappa shape index (κ2) is 6.93. The van der Waals surface area contributed by atoms with Crippen molar-refractivity contribution in [3.63, 3.8) is 0 Å². The molecule has 0 fully saturated rings. The van der Waals surface area contributed by atoms with Crippen LogP contribution in [0.3, 0.4) is 0 Å². The SMILES string of the molecule is CCN(Cc1ccccc1)C(=O)c1cc(-c2c(C)nn(C)c2C)n[nH]1. The first-order chi connectivity index (χ1) is 12.0. The van der Waals surface area contributed by atoms with Crippen LogP contribution < -0.4 is 0 Å². The van der Waals surface area contributed by atoms with Crippen LogP contribution in [0.15, 0.2) is 36.4 Å². The van der Waals surface area contributed by atoms with Gasteiger partial charge in [-0.2, -0.15) is 10.2 Å². The van der Waals surface area contributed by atoms with E-state index in [0.717, 1.165) is 28.2 Å². The predicted molar refractivity (Wildman–Crippen MR) is 97.1 cm³/mol. The summed E-state index contributed by atoms with van der Waals surface area (Å²) in [7, 11) is 1.91. The van der Waals surface area contributed by atoms with Gasteiger partial charge < -0.3 is 4.90 Å². The number of aromatic amines is 1. The maximum absolute atomic E-state index is 12.8. The van der Waals surface area contributed by atoms with Gasteiger partial charge in [0, 0.05) is 31.4 Å². The van der Waals surface area contributed by atoms with Gasteiger partial charge in [-0.05, 0) is 32.4 Å². The van der Waals surface area contributed by atoms with Crippen molar-refractivity contribution in [2.24, 2.45) is 7.05 Å². The van der Waals surface area contributed by atoms with E-state index in [2.05, 4.69) is 15.3 Å². The number of carbonyl (C=O) groups is 1. The summed E-state index contributed by atoms with van der Waals surface area (Å²) in [4.78, 5) is 14.6. The summed E-state index contributed by atoms with van der Waals surface area (Å²) in [6.07, 6.45) is 0. The minimum absolute atomic E-state index is 0.0516. The first kappa shape index (κ1) is 17.0. The first-order valence-electron chi connectivity index (χ1n) is 8.40. The molecule has 0 bridgehead atoms. The third kappa shape index (κ3) is 3.33. The molecule has 6 heteroatoms. The average Bonchev–Trinajstić information content (AvgIpc) is 3.18. The number of aromatic nitrogens is 4. The second-order valence-corrected chi connectivity index (χ2v) is 6.14. The summed E-state index contributed by atoms with van der Waals surface area (Å²) in [5.41, 5.74) is 5.26. The molecule has 0 radical (unpaired) electrons. The molecule has 0 saturated carbocycles. The van der Waals surface area contributed by atoms with E-state index in [1.165, 1.54) is 0 Å². The van der Waals surface area contributed by atoms with Crippen molar-refractivity contribution in [1.29, 1.82) is 0 Å². The molecule has 2 heterocycles. The van der Waals surface area contributed by atoms with Gasteiger partial charge in [-0.25, -0.2) is 0 Å². The van der Waals surface area contributed by atoms with Crippen LogP contribution in [-0.2, 0) is 13.6 Å². The monoisotopic (exact) mass is 337 g/mol. The van der Waals surface area contributed by atoms with Crippen molar-refractivity contribution >= 4 is 5.91 Å². The molecular weight excluding hydrogens is 314 g/mol.